The van der Waals surface area contributed by atoms with Crippen LogP contribution in [-0.2, 0) is 6.42 Å². The summed E-state index contributed by atoms with van der Waals surface area (Å²) in [4.78, 5) is 0. The summed E-state index contributed by atoms with van der Waals surface area (Å²) in [5, 5.41) is 10.3. The molecule has 3 aliphatic carbocycles. The number of fused-ring (bicyclic) bond motifs is 5. The standard InChI is InChI=1S/C21H28O2/c1-20-9-4-5-18(20)19-17(8-10-20)16-7-6-15(23-3)11-14(16)12-21(19,2)13-22/h4,6-7,9,11,17-19,22H,5,8,10,12-13H2,1-3H3/t17-,18-,19-,20+,21-/m1/s1. The minimum Gasteiger partial charge on any atom is -0.497 e. The largest absolute Gasteiger partial charge is 0.497 e. The molecule has 0 spiro atoms. The van der Waals surface area contributed by atoms with Gasteiger partial charge < -0.3 is 9.84 Å². The van der Waals surface area contributed by atoms with E-state index in [1.807, 2.05) is 0 Å². The summed E-state index contributed by atoms with van der Waals surface area (Å²) < 4.78 is 5.43. The van der Waals surface area contributed by atoms with Crippen molar-refractivity contribution in [3.8, 4) is 5.75 Å². The molecule has 1 aromatic carbocycles. The Morgan fingerprint density at radius 1 is 1.30 bits per heavy atom. The molecule has 0 radical (unpaired) electrons. The number of allylic oxidation sites excluding steroid dienone is 2. The summed E-state index contributed by atoms with van der Waals surface area (Å²) in [5.74, 6) is 2.77. The van der Waals surface area contributed by atoms with Crippen molar-refractivity contribution in [2.24, 2.45) is 22.7 Å². The molecule has 124 valence electrons. The number of rotatable bonds is 2. The predicted molar refractivity (Wildman–Crippen MR) is 92.7 cm³/mol. The van der Waals surface area contributed by atoms with Gasteiger partial charge in [-0.1, -0.05) is 32.1 Å². The average Bonchev–Trinajstić information content (AvgIpc) is 2.95. The molecule has 2 nitrogen and oxygen atoms in total. The van der Waals surface area contributed by atoms with Crippen LogP contribution in [0.25, 0.3) is 0 Å². The van der Waals surface area contributed by atoms with Gasteiger partial charge in [0.15, 0.2) is 0 Å². The Morgan fingerprint density at radius 3 is 2.87 bits per heavy atom. The second-order valence-electron chi connectivity index (χ2n) is 8.47. The Balaban J connectivity index is 1.81. The SMILES string of the molecule is COc1ccc2c(c1)C[C@](C)(CO)[C@@H]1[C@@H]2CC[C@]2(C)C=CC[C@H]12. The van der Waals surface area contributed by atoms with Crippen molar-refractivity contribution in [3.63, 3.8) is 0 Å². The Labute approximate surface area is 139 Å². The molecule has 1 saturated carbocycles. The van der Waals surface area contributed by atoms with Crippen LogP contribution in [0.2, 0.25) is 0 Å². The molecule has 2 heteroatoms. The Hall–Kier alpha value is -1.28. The summed E-state index contributed by atoms with van der Waals surface area (Å²) in [7, 11) is 1.73. The van der Waals surface area contributed by atoms with Gasteiger partial charge in [-0.05, 0) is 77.5 Å². The monoisotopic (exact) mass is 312 g/mol. The molecule has 1 fully saturated rings. The predicted octanol–water partition coefficient (Wildman–Crippen LogP) is 4.33. The highest BCUT2D eigenvalue weighted by Crippen LogP contribution is 2.63. The van der Waals surface area contributed by atoms with Gasteiger partial charge in [-0.3, -0.25) is 0 Å². The van der Waals surface area contributed by atoms with Crippen LogP contribution in [0.15, 0.2) is 30.4 Å². The average molecular weight is 312 g/mol. The fourth-order valence-corrected chi connectivity index (χ4v) is 5.89. The molecule has 3 aliphatic rings. The fourth-order valence-electron chi connectivity index (χ4n) is 5.89. The molecule has 0 aliphatic heterocycles. The minimum absolute atomic E-state index is 0.0254. The normalized spacial score (nSPS) is 41.1. The zero-order valence-electron chi connectivity index (χ0n) is 14.5. The zero-order valence-corrected chi connectivity index (χ0v) is 14.5. The number of aliphatic hydroxyl groups excluding tert-OH is 1. The molecule has 0 heterocycles. The maximum atomic E-state index is 10.3. The van der Waals surface area contributed by atoms with Gasteiger partial charge >= 0.3 is 0 Å². The lowest BCUT2D eigenvalue weighted by Crippen LogP contribution is -2.50. The molecular weight excluding hydrogens is 284 g/mol. The lowest BCUT2D eigenvalue weighted by Gasteiger charge is -2.56. The molecule has 1 N–H and O–H groups in total. The number of benzene rings is 1. The molecule has 0 bridgehead atoms. The van der Waals surface area contributed by atoms with Crippen LogP contribution in [0, 0.1) is 22.7 Å². The van der Waals surface area contributed by atoms with Crippen molar-refractivity contribution in [1.29, 1.82) is 0 Å². The van der Waals surface area contributed by atoms with Gasteiger partial charge in [-0.2, -0.15) is 0 Å². The molecule has 0 amide bonds. The van der Waals surface area contributed by atoms with Crippen LogP contribution >= 0.6 is 0 Å². The molecule has 5 atom stereocenters. The molecule has 4 rings (SSSR count). The van der Waals surface area contributed by atoms with E-state index in [2.05, 4.69) is 44.2 Å². The quantitative estimate of drug-likeness (QED) is 0.824. The summed E-state index contributed by atoms with van der Waals surface area (Å²) in [5.41, 5.74) is 3.21. The first kappa shape index (κ1) is 15.3. The minimum atomic E-state index is -0.0254. The van der Waals surface area contributed by atoms with E-state index in [9.17, 15) is 5.11 Å². The van der Waals surface area contributed by atoms with E-state index in [0.29, 0.717) is 23.2 Å². The van der Waals surface area contributed by atoms with Crippen LogP contribution in [0.4, 0.5) is 0 Å². The van der Waals surface area contributed by atoms with Gasteiger partial charge in [0.2, 0.25) is 0 Å². The maximum Gasteiger partial charge on any atom is 0.119 e. The van der Waals surface area contributed by atoms with E-state index in [1.54, 1.807) is 7.11 Å². The van der Waals surface area contributed by atoms with Gasteiger partial charge in [0.25, 0.3) is 0 Å². The van der Waals surface area contributed by atoms with Crippen molar-refractivity contribution in [2.75, 3.05) is 13.7 Å². The summed E-state index contributed by atoms with van der Waals surface area (Å²) in [6.07, 6.45) is 9.48. The topological polar surface area (TPSA) is 29.5 Å². The van der Waals surface area contributed by atoms with Gasteiger partial charge in [0.1, 0.15) is 5.75 Å². The van der Waals surface area contributed by atoms with Crippen LogP contribution in [0.3, 0.4) is 0 Å². The fraction of sp³-hybridized carbons (Fsp3) is 0.619. The van der Waals surface area contributed by atoms with Crippen molar-refractivity contribution < 1.29 is 9.84 Å². The highest BCUT2D eigenvalue weighted by Gasteiger charge is 2.55. The van der Waals surface area contributed by atoms with Crippen molar-refractivity contribution >= 4 is 0 Å². The second kappa shape index (κ2) is 5.11. The van der Waals surface area contributed by atoms with E-state index >= 15 is 0 Å². The maximum absolute atomic E-state index is 10.3. The van der Waals surface area contributed by atoms with E-state index in [-0.39, 0.29) is 12.0 Å². The molecule has 0 saturated heterocycles. The first-order chi connectivity index (χ1) is 11.0. The molecule has 1 aromatic rings. The molecular formula is C21H28O2. The van der Waals surface area contributed by atoms with Gasteiger partial charge in [-0.25, -0.2) is 0 Å². The first-order valence-electron chi connectivity index (χ1n) is 8.96. The summed E-state index contributed by atoms with van der Waals surface area (Å²) in [6, 6.07) is 6.59. The van der Waals surface area contributed by atoms with E-state index in [4.69, 9.17) is 4.74 Å². The molecule has 0 aromatic heterocycles. The van der Waals surface area contributed by atoms with Crippen molar-refractivity contribution in [1.82, 2.24) is 0 Å². The highest BCUT2D eigenvalue weighted by atomic mass is 16.5. The first-order valence-corrected chi connectivity index (χ1v) is 8.96. The van der Waals surface area contributed by atoms with Gasteiger partial charge in [-0.15, -0.1) is 0 Å². The van der Waals surface area contributed by atoms with Crippen LogP contribution in [0.5, 0.6) is 5.75 Å². The Bertz CT molecular complexity index is 649. The van der Waals surface area contributed by atoms with Crippen molar-refractivity contribution in [3.05, 3.63) is 41.5 Å². The van der Waals surface area contributed by atoms with Gasteiger partial charge in [0, 0.05) is 6.61 Å². The molecule has 0 unspecified atom stereocenters. The number of hydrogen-bond acceptors (Lipinski definition) is 2. The summed E-state index contributed by atoms with van der Waals surface area (Å²) >= 11 is 0. The van der Waals surface area contributed by atoms with Crippen LogP contribution in [0.1, 0.15) is 50.2 Å². The third-order valence-electron chi connectivity index (χ3n) is 7.11. The summed E-state index contributed by atoms with van der Waals surface area (Å²) in [6.45, 7) is 5.01. The smallest absolute Gasteiger partial charge is 0.119 e. The zero-order chi connectivity index (χ0) is 16.2. The second-order valence-corrected chi connectivity index (χ2v) is 8.47. The number of ether oxygens (including phenoxy) is 1. The Morgan fingerprint density at radius 2 is 2.13 bits per heavy atom. The number of methoxy groups -OCH3 is 1. The highest BCUT2D eigenvalue weighted by molar-refractivity contribution is 5.42. The lowest BCUT2D eigenvalue weighted by atomic mass is 9.48. The third-order valence-corrected chi connectivity index (χ3v) is 7.11. The third kappa shape index (κ3) is 2.11. The Kier molecular flexibility index (Phi) is 3.39. The van der Waals surface area contributed by atoms with Crippen LogP contribution in [-0.4, -0.2) is 18.8 Å². The lowest BCUT2D eigenvalue weighted by molar-refractivity contribution is -0.0380. The van der Waals surface area contributed by atoms with E-state index in [1.165, 1.54) is 30.4 Å². The number of hydrogen-bond donors (Lipinski definition) is 1. The molecule has 23 heavy (non-hydrogen) atoms. The van der Waals surface area contributed by atoms with E-state index < -0.39 is 0 Å². The van der Waals surface area contributed by atoms with Crippen molar-refractivity contribution in [2.45, 2.75) is 45.4 Å². The van der Waals surface area contributed by atoms with Gasteiger partial charge in [0.05, 0.1) is 7.11 Å². The van der Waals surface area contributed by atoms with Crippen LogP contribution < -0.4 is 4.74 Å². The van der Waals surface area contributed by atoms with E-state index in [0.717, 1.165) is 12.2 Å². The number of aliphatic hydroxyl groups is 1.